The van der Waals surface area contributed by atoms with Crippen LogP contribution in [0, 0.1) is 5.92 Å². The SMILES string of the molecule is CCC(CC)C(O)CNC(C)c1ccc(S(C)=O)cc1. The molecule has 0 heterocycles. The van der Waals surface area contributed by atoms with E-state index in [1.165, 1.54) is 0 Å². The maximum Gasteiger partial charge on any atom is 0.0692 e. The molecule has 0 bridgehead atoms. The second-order valence-corrected chi connectivity index (χ2v) is 6.68. The smallest absolute Gasteiger partial charge is 0.0692 e. The van der Waals surface area contributed by atoms with Gasteiger partial charge in [-0.25, -0.2) is 0 Å². The molecule has 0 saturated heterocycles. The molecule has 2 N–H and O–H groups in total. The molecule has 20 heavy (non-hydrogen) atoms. The van der Waals surface area contributed by atoms with Gasteiger partial charge in [0.1, 0.15) is 0 Å². The number of nitrogens with one attached hydrogen (secondary N) is 1. The van der Waals surface area contributed by atoms with Crippen LogP contribution >= 0.6 is 0 Å². The van der Waals surface area contributed by atoms with Gasteiger partial charge in [0, 0.05) is 34.5 Å². The highest BCUT2D eigenvalue weighted by molar-refractivity contribution is 7.84. The first kappa shape index (κ1) is 17.3. The molecule has 114 valence electrons. The fraction of sp³-hybridized carbons (Fsp3) is 0.625. The number of aliphatic hydroxyl groups is 1. The lowest BCUT2D eigenvalue weighted by Gasteiger charge is -2.23. The maximum atomic E-state index is 11.3. The van der Waals surface area contributed by atoms with E-state index in [0.717, 1.165) is 23.3 Å². The van der Waals surface area contributed by atoms with Crippen molar-refractivity contribution in [1.29, 1.82) is 0 Å². The van der Waals surface area contributed by atoms with Crippen molar-refractivity contribution in [3.63, 3.8) is 0 Å². The monoisotopic (exact) mass is 297 g/mol. The molecule has 0 aromatic heterocycles. The Bertz CT molecular complexity index is 415. The van der Waals surface area contributed by atoms with Gasteiger partial charge in [-0.3, -0.25) is 4.21 Å². The van der Waals surface area contributed by atoms with Crippen LogP contribution in [-0.2, 0) is 10.8 Å². The summed E-state index contributed by atoms with van der Waals surface area (Å²) in [5.41, 5.74) is 1.15. The zero-order valence-corrected chi connectivity index (χ0v) is 13.7. The molecule has 0 aliphatic rings. The van der Waals surface area contributed by atoms with Crippen LogP contribution in [0.2, 0.25) is 0 Å². The molecule has 3 nitrogen and oxygen atoms in total. The van der Waals surface area contributed by atoms with Crippen molar-refractivity contribution in [2.75, 3.05) is 12.8 Å². The number of hydrogen-bond donors (Lipinski definition) is 2. The number of benzene rings is 1. The third-order valence-corrected chi connectivity index (χ3v) is 4.87. The van der Waals surface area contributed by atoms with E-state index < -0.39 is 10.8 Å². The number of rotatable bonds is 8. The molecule has 3 atom stereocenters. The molecule has 0 fully saturated rings. The van der Waals surface area contributed by atoms with Crippen LogP contribution in [0.25, 0.3) is 0 Å². The zero-order chi connectivity index (χ0) is 15.1. The number of hydrogen-bond acceptors (Lipinski definition) is 3. The van der Waals surface area contributed by atoms with Crippen LogP contribution in [0.3, 0.4) is 0 Å². The minimum atomic E-state index is -0.931. The van der Waals surface area contributed by atoms with Gasteiger partial charge in [-0.15, -0.1) is 0 Å². The third kappa shape index (κ3) is 5.00. The Morgan fingerprint density at radius 3 is 2.20 bits per heavy atom. The van der Waals surface area contributed by atoms with Crippen LogP contribution in [0.1, 0.15) is 45.2 Å². The Morgan fingerprint density at radius 1 is 1.20 bits per heavy atom. The Hall–Kier alpha value is -0.710. The highest BCUT2D eigenvalue weighted by Gasteiger charge is 2.16. The Balaban J connectivity index is 2.54. The first-order chi connectivity index (χ1) is 9.49. The van der Waals surface area contributed by atoms with Crippen molar-refractivity contribution in [2.24, 2.45) is 5.92 Å². The predicted molar refractivity (Wildman–Crippen MR) is 85.3 cm³/mol. The van der Waals surface area contributed by atoms with Crippen molar-refractivity contribution in [3.05, 3.63) is 29.8 Å². The summed E-state index contributed by atoms with van der Waals surface area (Å²) in [5.74, 6) is 0.361. The summed E-state index contributed by atoms with van der Waals surface area (Å²) in [7, 11) is -0.931. The van der Waals surface area contributed by atoms with Crippen molar-refractivity contribution in [3.8, 4) is 0 Å². The summed E-state index contributed by atoms with van der Waals surface area (Å²) in [6.07, 6.45) is 3.40. The molecular formula is C16H27NO2S. The summed E-state index contributed by atoms with van der Waals surface area (Å²) in [6.45, 7) is 6.92. The van der Waals surface area contributed by atoms with Gasteiger partial charge in [-0.2, -0.15) is 0 Å². The van der Waals surface area contributed by atoms with Gasteiger partial charge >= 0.3 is 0 Å². The highest BCUT2D eigenvalue weighted by Crippen LogP contribution is 2.17. The number of aliphatic hydroxyl groups excluding tert-OH is 1. The summed E-state index contributed by atoms with van der Waals surface area (Å²) >= 11 is 0. The molecule has 0 aliphatic heterocycles. The molecular weight excluding hydrogens is 270 g/mol. The first-order valence-corrected chi connectivity index (χ1v) is 8.90. The quantitative estimate of drug-likeness (QED) is 0.776. The fourth-order valence-corrected chi connectivity index (χ4v) is 2.88. The van der Waals surface area contributed by atoms with E-state index in [1.807, 2.05) is 24.3 Å². The third-order valence-electron chi connectivity index (χ3n) is 3.94. The van der Waals surface area contributed by atoms with E-state index in [-0.39, 0.29) is 12.1 Å². The maximum absolute atomic E-state index is 11.3. The van der Waals surface area contributed by atoms with E-state index in [9.17, 15) is 9.32 Å². The van der Waals surface area contributed by atoms with E-state index in [0.29, 0.717) is 12.5 Å². The van der Waals surface area contributed by atoms with Gasteiger partial charge in [0.15, 0.2) is 0 Å². The lowest BCUT2D eigenvalue weighted by molar-refractivity contribution is 0.0989. The topological polar surface area (TPSA) is 49.3 Å². The Kier molecular flexibility index (Phi) is 7.41. The standard InChI is InChI=1S/C16H27NO2S/c1-5-13(6-2)16(18)11-17-12(3)14-7-9-15(10-8-14)20(4)19/h7-10,12-13,16-18H,5-6,11H2,1-4H3. The minimum absolute atomic E-state index is 0.179. The molecule has 4 heteroatoms. The highest BCUT2D eigenvalue weighted by atomic mass is 32.2. The predicted octanol–water partition coefficient (Wildman–Crippen LogP) is 2.87. The summed E-state index contributed by atoms with van der Waals surface area (Å²) in [6, 6.07) is 7.98. The summed E-state index contributed by atoms with van der Waals surface area (Å²) in [4.78, 5) is 0.845. The van der Waals surface area contributed by atoms with E-state index in [2.05, 4.69) is 26.1 Å². The fourth-order valence-electron chi connectivity index (χ4n) is 2.36. The van der Waals surface area contributed by atoms with Crippen molar-refractivity contribution in [2.45, 2.75) is 50.7 Å². The van der Waals surface area contributed by atoms with Crippen molar-refractivity contribution in [1.82, 2.24) is 5.32 Å². The largest absolute Gasteiger partial charge is 0.392 e. The molecule has 3 unspecified atom stereocenters. The molecule has 0 spiro atoms. The van der Waals surface area contributed by atoms with Crippen LogP contribution < -0.4 is 5.32 Å². The molecule has 1 aromatic rings. The van der Waals surface area contributed by atoms with Crippen molar-refractivity contribution < 1.29 is 9.32 Å². The molecule has 1 aromatic carbocycles. The molecule has 0 amide bonds. The molecule has 0 aliphatic carbocycles. The summed E-state index contributed by atoms with van der Waals surface area (Å²) in [5, 5.41) is 13.5. The van der Waals surface area contributed by atoms with Gasteiger partial charge in [-0.1, -0.05) is 38.8 Å². The van der Waals surface area contributed by atoms with E-state index in [4.69, 9.17) is 0 Å². The van der Waals surface area contributed by atoms with Crippen molar-refractivity contribution >= 4 is 10.8 Å². The van der Waals surface area contributed by atoms with Crippen LogP contribution in [-0.4, -0.2) is 28.2 Å². The second kappa shape index (κ2) is 8.55. The van der Waals surface area contributed by atoms with Gasteiger partial charge < -0.3 is 10.4 Å². The lowest BCUT2D eigenvalue weighted by Crippen LogP contribution is -2.33. The molecule has 0 radical (unpaired) electrons. The molecule has 1 rings (SSSR count). The van der Waals surface area contributed by atoms with Gasteiger partial charge in [0.05, 0.1) is 6.10 Å². The average molecular weight is 297 g/mol. The Morgan fingerprint density at radius 2 is 1.75 bits per heavy atom. The van der Waals surface area contributed by atoms with Crippen LogP contribution in [0.15, 0.2) is 29.2 Å². The summed E-state index contributed by atoms with van der Waals surface area (Å²) < 4.78 is 11.3. The van der Waals surface area contributed by atoms with Crippen LogP contribution in [0.5, 0.6) is 0 Å². The van der Waals surface area contributed by atoms with Gasteiger partial charge in [-0.05, 0) is 30.5 Å². The van der Waals surface area contributed by atoms with E-state index in [1.54, 1.807) is 6.26 Å². The van der Waals surface area contributed by atoms with E-state index >= 15 is 0 Å². The van der Waals surface area contributed by atoms with Gasteiger partial charge in [0.2, 0.25) is 0 Å². The van der Waals surface area contributed by atoms with Crippen LogP contribution in [0.4, 0.5) is 0 Å². The second-order valence-electron chi connectivity index (χ2n) is 5.30. The lowest BCUT2D eigenvalue weighted by atomic mass is 9.96. The first-order valence-electron chi connectivity index (χ1n) is 7.34. The Labute approximate surface area is 125 Å². The average Bonchev–Trinajstić information content (AvgIpc) is 2.46. The normalized spacial score (nSPS) is 16.1. The minimum Gasteiger partial charge on any atom is -0.392 e. The zero-order valence-electron chi connectivity index (χ0n) is 12.9. The van der Waals surface area contributed by atoms with Gasteiger partial charge in [0.25, 0.3) is 0 Å². The molecule has 0 saturated carbocycles.